The van der Waals surface area contributed by atoms with Crippen LogP contribution >= 0.6 is 11.6 Å². The summed E-state index contributed by atoms with van der Waals surface area (Å²) in [6, 6.07) is 8.12. The van der Waals surface area contributed by atoms with Gasteiger partial charge in [-0.3, -0.25) is 4.79 Å². The average Bonchev–Trinajstić information content (AvgIpc) is 2.53. The summed E-state index contributed by atoms with van der Waals surface area (Å²) < 4.78 is 37.6. The Morgan fingerprint density at radius 3 is 2.62 bits per heavy atom. The predicted octanol–water partition coefficient (Wildman–Crippen LogP) is 4.37. The summed E-state index contributed by atoms with van der Waals surface area (Å²) in [5.74, 6) is -0.336. The zero-order valence-electron chi connectivity index (χ0n) is 12.7. The van der Waals surface area contributed by atoms with E-state index in [1.54, 1.807) is 12.1 Å². The highest BCUT2D eigenvalue weighted by Crippen LogP contribution is 2.32. The number of halogens is 4. The summed E-state index contributed by atoms with van der Waals surface area (Å²) in [5.41, 5.74) is 0.731. The molecule has 0 saturated heterocycles. The third-order valence-electron chi connectivity index (χ3n) is 3.26. The van der Waals surface area contributed by atoms with Crippen molar-refractivity contribution in [3.05, 3.63) is 52.7 Å². The van der Waals surface area contributed by atoms with Gasteiger partial charge in [-0.1, -0.05) is 36.7 Å². The monoisotopic (exact) mass is 357 g/mol. The quantitative estimate of drug-likeness (QED) is 0.835. The molecule has 0 aliphatic heterocycles. The van der Waals surface area contributed by atoms with Crippen molar-refractivity contribution in [3.8, 4) is 0 Å². The number of carbonyl (C=O) groups is 1. The van der Waals surface area contributed by atoms with E-state index in [2.05, 4.69) is 15.6 Å². The van der Waals surface area contributed by atoms with E-state index in [-0.39, 0.29) is 23.3 Å². The number of anilines is 2. The fourth-order valence-corrected chi connectivity index (χ4v) is 2.27. The summed E-state index contributed by atoms with van der Waals surface area (Å²) in [6.07, 6.45) is -3.09. The molecule has 0 unspecified atom stereocenters. The third-order valence-corrected chi connectivity index (χ3v) is 3.55. The lowest BCUT2D eigenvalue weighted by Gasteiger charge is -2.12. The maximum atomic E-state index is 12.5. The summed E-state index contributed by atoms with van der Waals surface area (Å²) in [7, 11) is 0. The van der Waals surface area contributed by atoms with Gasteiger partial charge in [0.2, 0.25) is 5.91 Å². The third kappa shape index (κ3) is 4.61. The van der Waals surface area contributed by atoms with Crippen LogP contribution in [-0.2, 0) is 17.4 Å². The van der Waals surface area contributed by atoms with Gasteiger partial charge >= 0.3 is 6.18 Å². The molecular formula is C16H15ClF3N3O. The molecule has 0 fully saturated rings. The van der Waals surface area contributed by atoms with Gasteiger partial charge in [-0.05, 0) is 24.1 Å². The topological polar surface area (TPSA) is 54.0 Å². The smallest absolute Gasteiger partial charge is 0.360 e. The molecule has 0 saturated carbocycles. The van der Waals surface area contributed by atoms with Crippen molar-refractivity contribution in [3.63, 3.8) is 0 Å². The highest BCUT2D eigenvalue weighted by molar-refractivity contribution is 6.33. The van der Waals surface area contributed by atoms with Gasteiger partial charge in [0.15, 0.2) is 0 Å². The minimum absolute atomic E-state index is 0.0172. The number of aromatic nitrogens is 1. The van der Waals surface area contributed by atoms with Gasteiger partial charge in [-0.25, -0.2) is 4.98 Å². The normalized spacial score (nSPS) is 11.2. The second kappa shape index (κ2) is 7.53. The van der Waals surface area contributed by atoms with E-state index in [1.165, 1.54) is 0 Å². The van der Waals surface area contributed by atoms with E-state index in [9.17, 15) is 18.0 Å². The van der Waals surface area contributed by atoms with Crippen LogP contribution in [0.5, 0.6) is 0 Å². The Morgan fingerprint density at radius 1 is 1.29 bits per heavy atom. The molecule has 0 radical (unpaired) electrons. The summed E-state index contributed by atoms with van der Waals surface area (Å²) in [6.45, 7) is 1.80. The van der Waals surface area contributed by atoms with Gasteiger partial charge in [0.25, 0.3) is 0 Å². The highest BCUT2D eigenvalue weighted by Gasteiger charge is 2.31. The summed E-state index contributed by atoms with van der Waals surface area (Å²) in [5, 5.41) is 5.16. The van der Waals surface area contributed by atoms with Gasteiger partial charge in [-0.15, -0.1) is 0 Å². The van der Waals surface area contributed by atoms with Crippen LogP contribution in [0.4, 0.5) is 24.7 Å². The highest BCUT2D eigenvalue weighted by atomic mass is 35.5. The Kier molecular flexibility index (Phi) is 5.66. The Hall–Kier alpha value is -2.28. The lowest BCUT2D eigenvalue weighted by molar-refractivity contribution is -0.137. The van der Waals surface area contributed by atoms with E-state index in [4.69, 9.17) is 11.6 Å². The number of rotatable bonds is 5. The Bertz CT molecular complexity index is 735. The number of para-hydroxylation sites is 1. The van der Waals surface area contributed by atoms with Gasteiger partial charge < -0.3 is 10.6 Å². The number of amides is 1. The molecule has 0 spiro atoms. The molecular weight excluding hydrogens is 343 g/mol. The first-order chi connectivity index (χ1) is 11.3. The number of hydrogen-bond donors (Lipinski definition) is 2. The van der Waals surface area contributed by atoms with E-state index < -0.39 is 11.7 Å². The lowest BCUT2D eigenvalue weighted by Crippen LogP contribution is -2.23. The van der Waals surface area contributed by atoms with Gasteiger partial charge in [0.05, 0.1) is 17.1 Å². The predicted molar refractivity (Wildman–Crippen MR) is 87.2 cm³/mol. The molecule has 1 aromatic carbocycles. The fraction of sp³-hybridized carbons (Fsp3) is 0.250. The number of nitrogens with zero attached hydrogens (tertiary/aromatic N) is 1. The van der Waals surface area contributed by atoms with Crippen molar-refractivity contribution < 1.29 is 18.0 Å². The van der Waals surface area contributed by atoms with Crippen LogP contribution in [-0.4, -0.2) is 17.4 Å². The molecule has 128 valence electrons. The SMILES string of the molecule is CCc1ccccc1NC(=O)CNc1ncc(C(F)(F)F)cc1Cl. The maximum Gasteiger partial charge on any atom is 0.417 e. The van der Waals surface area contributed by atoms with Crippen molar-refractivity contribution >= 4 is 29.0 Å². The lowest BCUT2D eigenvalue weighted by atomic mass is 10.1. The zero-order valence-corrected chi connectivity index (χ0v) is 13.5. The maximum absolute atomic E-state index is 12.5. The van der Waals surface area contributed by atoms with Gasteiger partial charge in [0, 0.05) is 11.9 Å². The van der Waals surface area contributed by atoms with Gasteiger partial charge in [0.1, 0.15) is 5.82 Å². The van der Waals surface area contributed by atoms with Crippen LogP contribution in [0.1, 0.15) is 18.1 Å². The Balaban J connectivity index is 1.99. The van der Waals surface area contributed by atoms with Gasteiger partial charge in [-0.2, -0.15) is 13.2 Å². The second-order valence-electron chi connectivity index (χ2n) is 4.96. The number of nitrogens with one attached hydrogen (secondary N) is 2. The first kappa shape index (κ1) is 18.1. The number of alkyl halides is 3. The molecule has 1 aromatic heterocycles. The number of pyridine rings is 1. The number of hydrogen-bond acceptors (Lipinski definition) is 3. The Labute approximate surface area is 142 Å². The second-order valence-corrected chi connectivity index (χ2v) is 5.37. The van der Waals surface area contributed by atoms with Crippen molar-refractivity contribution in [1.29, 1.82) is 0 Å². The molecule has 1 amide bonds. The molecule has 0 atom stereocenters. The van der Waals surface area contributed by atoms with Crippen LogP contribution in [0.2, 0.25) is 5.02 Å². The Morgan fingerprint density at radius 2 is 2.00 bits per heavy atom. The summed E-state index contributed by atoms with van der Waals surface area (Å²) in [4.78, 5) is 15.6. The van der Waals surface area contributed by atoms with Crippen LogP contribution in [0.15, 0.2) is 36.5 Å². The molecule has 24 heavy (non-hydrogen) atoms. The first-order valence-corrected chi connectivity index (χ1v) is 7.53. The summed E-state index contributed by atoms with van der Waals surface area (Å²) >= 11 is 5.77. The molecule has 0 aliphatic carbocycles. The minimum Gasteiger partial charge on any atom is -0.360 e. The van der Waals surface area contributed by atoms with Crippen molar-refractivity contribution in [1.82, 2.24) is 4.98 Å². The number of carbonyl (C=O) groups excluding carboxylic acids is 1. The van der Waals surface area contributed by atoms with E-state index in [1.807, 2.05) is 19.1 Å². The molecule has 8 heteroatoms. The van der Waals surface area contributed by atoms with Crippen LogP contribution in [0.3, 0.4) is 0 Å². The molecule has 0 aliphatic rings. The number of aryl methyl sites for hydroxylation is 1. The average molecular weight is 358 g/mol. The van der Waals surface area contributed by atoms with Crippen LogP contribution in [0, 0.1) is 0 Å². The van der Waals surface area contributed by atoms with E-state index in [0.29, 0.717) is 11.9 Å². The molecule has 4 nitrogen and oxygen atoms in total. The van der Waals surface area contributed by atoms with E-state index >= 15 is 0 Å². The molecule has 0 bridgehead atoms. The zero-order chi connectivity index (χ0) is 17.7. The molecule has 2 N–H and O–H groups in total. The van der Waals surface area contributed by atoms with Crippen molar-refractivity contribution in [2.75, 3.05) is 17.2 Å². The fourth-order valence-electron chi connectivity index (χ4n) is 2.03. The van der Waals surface area contributed by atoms with Crippen molar-refractivity contribution in [2.24, 2.45) is 0 Å². The largest absolute Gasteiger partial charge is 0.417 e. The minimum atomic E-state index is -4.52. The molecule has 2 aromatic rings. The number of benzene rings is 1. The van der Waals surface area contributed by atoms with Crippen LogP contribution < -0.4 is 10.6 Å². The van der Waals surface area contributed by atoms with E-state index in [0.717, 1.165) is 18.1 Å². The van der Waals surface area contributed by atoms with Crippen LogP contribution in [0.25, 0.3) is 0 Å². The molecule has 2 rings (SSSR count). The molecule has 1 heterocycles. The first-order valence-electron chi connectivity index (χ1n) is 7.15. The standard InChI is InChI=1S/C16H15ClF3N3O/c1-2-10-5-3-4-6-13(10)23-14(24)9-22-15-12(17)7-11(8-21-15)16(18,19)20/h3-8H,2,9H2,1H3,(H,21,22)(H,23,24). The van der Waals surface area contributed by atoms with Crippen molar-refractivity contribution in [2.45, 2.75) is 19.5 Å².